The SMILES string of the molecule is CCc1cccc(CC)c1NC(=O)c1ccnc(Nc2ccc(C(C)=O)cc2)n1. The van der Waals surface area contributed by atoms with Crippen molar-refractivity contribution in [2.24, 2.45) is 0 Å². The number of aromatic nitrogens is 2. The third-order valence-corrected chi connectivity index (χ3v) is 4.67. The van der Waals surface area contributed by atoms with Crippen LogP contribution in [-0.2, 0) is 12.8 Å². The molecular formula is C23H24N4O2. The quantitative estimate of drug-likeness (QED) is 0.568. The number of hydrogen-bond acceptors (Lipinski definition) is 5. The van der Waals surface area contributed by atoms with Crippen LogP contribution in [0.15, 0.2) is 54.7 Å². The van der Waals surface area contributed by atoms with Gasteiger partial charge in [-0.3, -0.25) is 9.59 Å². The first kappa shape index (κ1) is 20.2. The van der Waals surface area contributed by atoms with Crippen LogP contribution < -0.4 is 10.6 Å². The first-order valence-electron chi connectivity index (χ1n) is 9.65. The van der Waals surface area contributed by atoms with Gasteiger partial charge in [-0.1, -0.05) is 32.0 Å². The lowest BCUT2D eigenvalue weighted by atomic mass is 10.0. The lowest BCUT2D eigenvalue weighted by Crippen LogP contribution is -2.17. The molecule has 0 atom stereocenters. The Morgan fingerprint density at radius 2 is 1.59 bits per heavy atom. The summed E-state index contributed by atoms with van der Waals surface area (Å²) >= 11 is 0. The van der Waals surface area contributed by atoms with E-state index in [0.717, 1.165) is 35.3 Å². The predicted molar refractivity (Wildman–Crippen MR) is 115 cm³/mol. The zero-order chi connectivity index (χ0) is 20.8. The van der Waals surface area contributed by atoms with Crippen molar-refractivity contribution in [1.29, 1.82) is 0 Å². The second-order valence-electron chi connectivity index (χ2n) is 6.64. The van der Waals surface area contributed by atoms with Crippen molar-refractivity contribution >= 4 is 29.0 Å². The van der Waals surface area contributed by atoms with Gasteiger partial charge >= 0.3 is 0 Å². The summed E-state index contributed by atoms with van der Waals surface area (Å²) in [5, 5.41) is 6.07. The van der Waals surface area contributed by atoms with Crippen molar-refractivity contribution in [3.05, 3.63) is 77.1 Å². The number of carbonyl (C=O) groups is 2. The number of carbonyl (C=O) groups excluding carboxylic acids is 2. The molecule has 2 N–H and O–H groups in total. The maximum Gasteiger partial charge on any atom is 0.274 e. The predicted octanol–water partition coefficient (Wildman–Crippen LogP) is 4.80. The molecule has 3 aromatic rings. The number of nitrogens with zero attached hydrogens (tertiary/aromatic N) is 2. The van der Waals surface area contributed by atoms with Crippen LogP contribution in [-0.4, -0.2) is 21.7 Å². The van der Waals surface area contributed by atoms with Gasteiger partial charge in [-0.25, -0.2) is 9.97 Å². The van der Waals surface area contributed by atoms with E-state index < -0.39 is 0 Å². The van der Waals surface area contributed by atoms with E-state index >= 15 is 0 Å². The maximum absolute atomic E-state index is 12.8. The molecule has 29 heavy (non-hydrogen) atoms. The lowest BCUT2D eigenvalue weighted by Gasteiger charge is -2.14. The van der Waals surface area contributed by atoms with Crippen molar-refractivity contribution < 1.29 is 9.59 Å². The molecular weight excluding hydrogens is 364 g/mol. The lowest BCUT2D eigenvalue weighted by molar-refractivity contribution is 0.101. The van der Waals surface area contributed by atoms with E-state index in [2.05, 4.69) is 34.4 Å². The van der Waals surface area contributed by atoms with Crippen molar-refractivity contribution in [3.63, 3.8) is 0 Å². The number of aryl methyl sites for hydroxylation is 2. The number of Topliss-reactive ketones (excluding diaryl/α,β-unsaturated/α-hetero) is 1. The van der Waals surface area contributed by atoms with E-state index in [4.69, 9.17) is 0 Å². The monoisotopic (exact) mass is 388 g/mol. The van der Waals surface area contributed by atoms with Crippen molar-refractivity contribution in [2.75, 3.05) is 10.6 Å². The fourth-order valence-corrected chi connectivity index (χ4v) is 3.04. The van der Waals surface area contributed by atoms with Crippen LogP contribution in [0.1, 0.15) is 52.7 Å². The van der Waals surface area contributed by atoms with E-state index in [1.807, 2.05) is 18.2 Å². The summed E-state index contributed by atoms with van der Waals surface area (Å²) in [5.74, 6) is 0.0379. The van der Waals surface area contributed by atoms with Crippen LogP contribution in [0, 0.1) is 0 Å². The van der Waals surface area contributed by atoms with Crippen LogP contribution in [0.2, 0.25) is 0 Å². The van der Waals surface area contributed by atoms with E-state index in [1.165, 1.54) is 6.92 Å². The summed E-state index contributed by atoms with van der Waals surface area (Å²) in [4.78, 5) is 32.7. The molecule has 0 fully saturated rings. The third-order valence-electron chi connectivity index (χ3n) is 4.67. The smallest absolute Gasteiger partial charge is 0.274 e. The molecule has 1 aromatic heterocycles. The van der Waals surface area contributed by atoms with Gasteiger partial charge in [-0.15, -0.1) is 0 Å². The van der Waals surface area contributed by atoms with Gasteiger partial charge in [0.2, 0.25) is 5.95 Å². The van der Waals surface area contributed by atoms with Crippen LogP contribution in [0.4, 0.5) is 17.3 Å². The zero-order valence-corrected chi connectivity index (χ0v) is 16.8. The second-order valence-corrected chi connectivity index (χ2v) is 6.64. The van der Waals surface area contributed by atoms with Crippen LogP contribution in [0.25, 0.3) is 0 Å². The number of nitrogens with one attached hydrogen (secondary N) is 2. The largest absolute Gasteiger partial charge is 0.324 e. The fraction of sp³-hybridized carbons (Fsp3) is 0.217. The van der Waals surface area contributed by atoms with Gasteiger partial charge in [0.25, 0.3) is 5.91 Å². The van der Waals surface area contributed by atoms with Gasteiger partial charge in [0.05, 0.1) is 0 Å². The molecule has 2 aromatic carbocycles. The van der Waals surface area contributed by atoms with Crippen LogP contribution in [0.5, 0.6) is 0 Å². The molecule has 1 amide bonds. The Kier molecular flexibility index (Phi) is 6.34. The zero-order valence-electron chi connectivity index (χ0n) is 16.8. The first-order chi connectivity index (χ1) is 14.0. The summed E-state index contributed by atoms with van der Waals surface area (Å²) < 4.78 is 0. The molecule has 0 saturated carbocycles. The van der Waals surface area contributed by atoms with Gasteiger partial charge in [-0.2, -0.15) is 0 Å². The molecule has 0 unspecified atom stereocenters. The average Bonchev–Trinajstić information content (AvgIpc) is 2.74. The van der Waals surface area contributed by atoms with Crippen molar-refractivity contribution in [2.45, 2.75) is 33.6 Å². The van der Waals surface area contributed by atoms with E-state index in [9.17, 15) is 9.59 Å². The topological polar surface area (TPSA) is 84.0 Å². The molecule has 148 valence electrons. The van der Waals surface area contributed by atoms with Crippen LogP contribution in [0.3, 0.4) is 0 Å². The number of rotatable bonds is 7. The molecule has 0 bridgehead atoms. The van der Waals surface area contributed by atoms with E-state index in [0.29, 0.717) is 11.5 Å². The number of amides is 1. The molecule has 0 aliphatic carbocycles. The average molecular weight is 388 g/mol. The van der Waals surface area contributed by atoms with Crippen molar-refractivity contribution in [1.82, 2.24) is 9.97 Å². The third kappa shape index (κ3) is 4.85. The van der Waals surface area contributed by atoms with Crippen molar-refractivity contribution in [3.8, 4) is 0 Å². The summed E-state index contributed by atoms with van der Waals surface area (Å²) in [6.45, 7) is 5.65. The number of para-hydroxylation sites is 1. The highest BCUT2D eigenvalue weighted by molar-refractivity contribution is 6.04. The summed E-state index contributed by atoms with van der Waals surface area (Å²) in [7, 11) is 0. The second kappa shape index (κ2) is 9.10. The Morgan fingerprint density at radius 1 is 0.931 bits per heavy atom. The number of benzene rings is 2. The molecule has 0 aliphatic heterocycles. The number of anilines is 3. The Balaban J connectivity index is 1.79. The Hall–Kier alpha value is -3.54. The minimum Gasteiger partial charge on any atom is -0.324 e. The molecule has 0 spiro atoms. The molecule has 1 heterocycles. The summed E-state index contributed by atoms with van der Waals surface area (Å²) in [5.41, 5.74) is 4.68. The fourth-order valence-electron chi connectivity index (χ4n) is 3.04. The molecule has 0 aliphatic rings. The number of hydrogen-bond donors (Lipinski definition) is 2. The molecule has 3 rings (SSSR count). The van der Waals surface area contributed by atoms with Gasteiger partial charge in [0.1, 0.15) is 5.69 Å². The highest BCUT2D eigenvalue weighted by Gasteiger charge is 2.14. The Bertz CT molecular complexity index is 1010. The normalized spacial score (nSPS) is 10.4. The van der Waals surface area contributed by atoms with Gasteiger partial charge < -0.3 is 10.6 Å². The molecule has 6 heteroatoms. The Labute approximate surface area is 170 Å². The van der Waals surface area contributed by atoms with Gasteiger partial charge in [0.15, 0.2) is 5.78 Å². The number of ketones is 1. The Morgan fingerprint density at radius 3 is 2.17 bits per heavy atom. The molecule has 0 radical (unpaired) electrons. The minimum atomic E-state index is -0.280. The van der Waals surface area contributed by atoms with Gasteiger partial charge in [-0.05, 0) is 61.2 Å². The molecule has 6 nitrogen and oxygen atoms in total. The summed E-state index contributed by atoms with van der Waals surface area (Å²) in [6, 6.07) is 14.6. The van der Waals surface area contributed by atoms with E-state index in [-0.39, 0.29) is 17.4 Å². The standard InChI is InChI=1S/C23H24N4O2/c1-4-16-7-6-8-17(5-2)21(16)27-22(29)20-13-14-24-23(26-20)25-19-11-9-18(10-12-19)15(3)28/h6-14H,4-5H2,1-3H3,(H,27,29)(H,24,25,26). The highest BCUT2D eigenvalue weighted by atomic mass is 16.2. The van der Waals surface area contributed by atoms with E-state index in [1.54, 1.807) is 36.5 Å². The molecule has 0 saturated heterocycles. The van der Waals surface area contributed by atoms with Gasteiger partial charge in [0, 0.05) is 23.1 Å². The highest BCUT2D eigenvalue weighted by Crippen LogP contribution is 2.23. The minimum absolute atomic E-state index is 0.00489. The van der Waals surface area contributed by atoms with Crippen LogP contribution >= 0.6 is 0 Å². The maximum atomic E-state index is 12.8. The first-order valence-corrected chi connectivity index (χ1v) is 9.65. The summed E-state index contributed by atoms with van der Waals surface area (Å²) in [6.07, 6.45) is 3.20.